The molecule has 150 valence electrons. The van der Waals surface area contributed by atoms with Gasteiger partial charge in [-0.3, -0.25) is 9.59 Å². The molecule has 0 saturated carbocycles. The minimum absolute atomic E-state index is 0.118. The fraction of sp³-hybridized carbons (Fsp3) is 0.476. The van der Waals surface area contributed by atoms with Crippen LogP contribution in [-0.4, -0.2) is 46.8 Å². The van der Waals surface area contributed by atoms with E-state index >= 15 is 0 Å². The van der Waals surface area contributed by atoms with E-state index in [-0.39, 0.29) is 17.8 Å². The summed E-state index contributed by atoms with van der Waals surface area (Å²) in [7, 11) is 1.37. The quantitative estimate of drug-likeness (QED) is 0.631. The first-order valence-corrected chi connectivity index (χ1v) is 10.5. The first-order valence-electron chi connectivity index (χ1n) is 9.70. The van der Waals surface area contributed by atoms with Crippen molar-refractivity contribution in [1.29, 1.82) is 0 Å². The molecule has 1 aromatic carbocycles. The predicted molar refractivity (Wildman–Crippen MR) is 111 cm³/mol. The Morgan fingerprint density at radius 3 is 2.57 bits per heavy atom. The number of amides is 1. The molecular formula is C21H26BrN3O3. The highest BCUT2D eigenvalue weighted by Gasteiger charge is 2.29. The van der Waals surface area contributed by atoms with E-state index in [1.54, 1.807) is 11.8 Å². The second-order valence-corrected chi connectivity index (χ2v) is 8.05. The molecule has 0 radical (unpaired) electrons. The number of esters is 1. The average Bonchev–Trinajstić information content (AvgIpc) is 3.11. The van der Waals surface area contributed by atoms with Crippen molar-refractivity contribution in [3.05, 3.63) is 45.7 Å². The highest BCUT2D eigenvalue weighted by atomic mass is 79.9. The highest BCUT2D eigenvalue weighted by molar-refractivity contribution is 9.10. The second-order valence-electron chi connectivity index (χ2n) is 7.14. The Morgan fingerprint density at radius 1 is 1.25 bits per heavy atom. The van der Waals surface area contributed by atoms with Crippen LogP contribution in [0, 0.1) is 5.92 Å². The lowest BCUT2D eigenvalue weighted by atomic mass is 9.95. The summed E-state index contributed by atoms with van der Waals surface area (Å²) >= 11 is 3.46. The van der Waals surface area contributed by atoms with E-state index in [0.29, 0.717) is 18.8 Å². The maximum absolute atomic E-state index is 13.3. The Labute approximate surface area is 174 Å². The molecule has 7 heteroatoms. The molecular weight excluding hydrogens is 422 g/mol. The van der Waals surface area contributed by atoms with Crippen molar-refractivity contribution in [1.82, 2.24) is 14.7 Å². The van der Waals surface area contributed by atoms with Gasteiger partial charge in [0.25, 0.3) is 5.91 Å². The van der Waals surface area contributed by atoms with Crippen molar-refractivity contribution in [3.63, 3.8) is 0 Å². The maximum atomic E-state index is 13.3. The van der Waals surface area contributed by atoms with Crippen LogP contribution in [0.4, 0.5) is 0 Å². The summed E-state index contributed by atoms with van der Waals surface area (Å²) in [6, 6.07) is 7.95. The molecule has 3 rings (SSSR count). The summed E-state index contributed by atoms with van der Waals surface area (Å²) < 4.78 is 7.72. The molecule has 1 atom stereocenters. The van der Waals surface area contributed by atoms with E-state index in [9.17, 15) is 9.59 Å². The molecule has 0 N–H and O–H groups in total. The lowest BCUT2D eigenvalue weighted by Crippen LogP contribution is -2.37. The Kier molecular flexibility index (Phi) is 6.54. The summed E-state index contributed by atoms with van der Waals surface area (Å²) in [5.41, 5.74) is 3.63. The van der Waals surface area contributed by atoms with Gasteiger partial charge < -0.3 is 9.64 Å². The van der Waals surface area contributed by atoms with Gasteiger partial charge in [-0.2, -0.15) is 5.10 Å². The molecule has 2 aromatic rings. The number of halogens is 1. The van der Waals surface area contributed by atoms with Crippen molar-refractivity contribution < 1.29 is 14.3 Å². The SMILES string of the molecule is CCN(CC(C)C(=O)OC)C(=O)c1nn(-c2ccc(Br)cc2)c2c1CCCC2. The van der Waals surface area contributed by atoms with Gasteiger partial charge in [-0.25, -0.2) is 4.68 Å². The van der Waals surface area contributed by atoms with Crippen LogP contribution in [0.5, 0.6) is 0 Å². The second kappa shape index (κ2) is 8.90. The highest BCUT2D eigenvalue weighted by Crippen LogP contribution is 2.28. The third kappa shape index (κ3) is 4.14. The summed E-state index contributed by atoms with van der Waals surface area (Å²) in [6.45, 7) is 4.53. The summed E-state index contributed by atoms with van der Waals surface area (Å²) in [6.07, 6.45) is 3.93. The predicted octanol–water partition coefficient (Wildman–Crippen LogP) is 3.78. The minimum atomic E-state index is -0.377. The van der Waals surface area contributed by atoms with Gasteiger partial charge in [0.2, 0.25) is 0 Å². The van der Waals surface area contributed by atoms with Gasteiger partial charge in [0.05, 0.1) is 18.7 Å². The molecule has 1 aliphatic carbocycles. The Bertz CT molecular complexity index is 861. The fourth-order valence-electron chi connectivity index (χ4n) is 3.68. The van der Waals surface area contributed by atoms with Crippen LogP contribution in [0.15, 0.2) is 28.7 Å². The topological polar surface area (TPSA) is 64.4 Å². The zero-order chi connectivity index (χ0) is 20.3. The number of carbonyl (C=O) groups is 2. The molecule has 28 heavy (non-hydrogen) atoms. The van der Waals surface area contributed by atoms with E-state index in [0.717, 1.165) is 47.1 Å². The number of rotatable bonds is 6. The van der Waals surface area contributed by atoms with Crippen LogP contribution in [0.2, 0.25) is 0 Å². The molecule has 1 unspecified atom stereocenters. The smallest absolute Gasteiger partial charge is 0.310 e. The monoisotopic (exact) mass is 447 g/mol. The lowest BCUT2D eigenvalue weighted by molar-refractivity contribution is -0.145. The number of nitrogens with zero attached hydrogens (tertiary/aromatic N) is 3. The molecule has 0 bridgehead atoms. The molecule has 1 amide bonds. The summed E-state index contributed by atoms with van der Waals surface area (Å²) in [5, 5.41) is 4.73. The number of hydrogen-bond donors (Lipinski definition) is 0. The standard InChI is InChI=1S/C21H26BrN3O3/c1-4-24(13-14(2)21(27)28-3)20(26)19-17-7-5-6-8-18(17)25(23-19)16-11-9-15(22)10-12-16/h9-12,14H,4-8,13H2,1-3H3. The number of carbonyl (C=O) groups excluding carboxylic acids is 2. The van der Waals surface area contributed by atoms with E-state index in [2.05, 4.69) is 15.9 Å². The van der Waals surface area contributed by atoms with Crippen LogP contribution < -0.4 is 0 Å². The fourth-order valence-corrected chi connectivity index (χ4v) is 3.94. The Balaban J connectivity index is 1.95. The van der Waals surface area contributed by atoms with Crippen molar-refractivity contribution in [3.8, 4) is 5.69 Å². The van der Waals surface area contributed by atoms with Crippen molar-refractivity contribution in [2.45, 2.75) is 39.5 Å². The van der Waals surface area contributed by atoms with Crippen LogP contribution in [0.3, 0.4) is 0 Å². The van der Waals surface area contributed by atoms with Crippen LogP contribution in [0.1, 0.15) is 48.4 Å². The van der Waals surface area contributed by atoms with Crippen molar-refractivity contribution in [2.24, 2.45) is 5.92 Å². The zero-order valence-electron chi connectivity index (χ0n) is 16.6. The molecule has 0 fully saturated rings. The number of benzene rings is 1. The maximum Gasteiger partial charge on any atom is 0.310 e. The first-order chi connectivity index (χ1) is 13.5. The minimum Gasteiger partial charge on any atom is -0.469 e. The lowest BCUT2D eigenvalue weighted by Gasteiger charge is -2.23. The normalized spacial score (nSPS) is 14.3. The number of fused-ring (bicyclic) bond motifs is 1. The van der Waals surface area contributed by atoms with Gasteiger partial charge >= 0.3 is 5.97 Å². The number of aromatic nitrogens is 2. The van der Waals surface area contributed by atoms with E-state index in [1.165, 1.54) is 7.11 Å². The Hall–Kier alpha value is -2.15. The van der Waals surface area contributed by atoms with Crippen molar-refractivity contribution >= 4 is 27.8 Å². The summed E-state index contributed by atoms with van der Waals surface area (Å²) in [5.74, 6) is -0.806. The Morgan fingerprint density at radius 2 is 1.93 bits per heavy atom. The van der Waals surface area contributed by atoms with E-state index in [4.69, 9.17) is 9.84 Å². The van der Waals surface area contributed by atoms with Gasteiger partial charge in [0.15, 0.2) is 5.69 Å². The number of hydrogen-bond acceptors (Lipinski definition) is 4. The van der Waals surface area contributed by atoms with Gasteiger partial charge in [0.1, 0.15) is 0 Å². The van der Waals surface area contributed by atoms with Gasteiger partial charge in [0, 0.05) is 28.8 Å². The number of ether oxygens (including phenoxy) is 1. The average molecular weight is 448 g/mol. The molecule has 1 heterocycles. The van der Waals surface area contributed by atoms with E-state index < -0.39 is 0 Å². The van der Waals surface area contributed by atoms with Crippen LogP contribution >= 0.6 is 15.9 Å². The third-order valence-corrected chi connectivity index (χ3v) is 5.75. The first kappa shape index (κ1) is 20.6. The number of methoxy groups -OCH3 is 1. The molecule has 6 nitrogen and oxygen atoms in total. The van der Waals surface area contributed by atoms with E-state index in [1.807, 2.05) is 35.9 Å². The van der Waals surface area contributed by atoms with Crippen molar-refractivity contribution in [2.75, 3.05) is 20.2 Å². The third-order valence-electron chi connectivity index (χ3n) is 5.22. The molecule has 1 aliphatic rings. The van der Waals surface area contributed by atoms with Gasteiger partial charge in [-0.1, -0.05) is 22.9 Å². The largest absolute Gasteiger partial charge is 0.469 e. The van der Waals surface area contributed by atoms with Gasteiger partial charge in [-0.15, -0.1) is 0 Å². The molecule has 0 spiro atoms. The van der Waals surface area contributed by atoms with Crippen LogP contribution in [0.25, 0.3) is 5.69 Å². The summed E-state index contributed by atoms with van der Waals surface area (Å²) in [4.78, 5) is 26.8. The molecule has 0 saturated heterocycles. The van der Waals surface area contributed by atoms with Gasteiger partial charge in [-0.05, 0) is 56.9 Å². The zero-order valence-corrected chi connectivity index (χ0v) is 18.2. The van der Waals surface area contributed by atoms with Crippen LogP contribution in [-0.2, 0) is 22.4 Å². The molecule has 1 aromatic heterocycles. The molecule has 0 aliphatic heterocycles.